The quantitative estimate of drug-likeness (QED) is 0.177. The summed E-state index contributed by atoms with van der Waals surface area (Å²) in [6.07, 6.45) is 0. The van der Waals surface area contributed by atoms with Gasteiger partial charge in [0.1, 0.15) is 0 Å². The SMILES string of the molecule is CC(C)(C)c1cc[cH-]c1.CC(C)(C)c1ccc2c(c1)[cH-]c1cc(C(C)(C)C)ccc12.[Cl-].[Cl-].[Hf+2]=[CH]c1ccccc1. The standard InChI is InChI=1S/C21H25.C9H13.C7H6.2ClH.Hf/c1-20(2,3)16-7-9-18-14(12-16)11-15-13-17(21(4,5)6)8-10-19(15)18;1-9(2,3)8-6-4-5-7-8;1-7-5-3-2-4-6-7;;;/h7-13H,1-6H3;4-7H,1-3H3;1-6H;2*1H;/q2*-1;;;;+2/p-2. The van der Waals surface area contributed by atoms with Gasteiger partial charge in [0.05, 0.1) is 0 Å². The first-order chi connectivity index (χ1) is 17.7. The predicted molar refractivity (Wildman–Crippen MR) is 167 cm³/mol. The van der Waals surface area contributed by atoms with Crippen molar-refractivity contribution in [3.05, 3.63) is 119 Å². The summed E-state index contributed by atoms with van der Waals surface area (Å²) in [6.45, 7) is 20.3. The molecular formula is C37H44Cl2Hf-2. The van der Waals surface area contributed by atoms with E-state index in [4.69, 9.17) is 0 Å². The fourth-order valence-electron chi connectivity index (χ4n) is 4.38. The molecule has 5 rings (SSSR count). The summed E-state index contributed by atoms with van der Waals surface area (Å²) in [5, 5.41) is 5.48. The third kappa shape index (κ3) is 9.93. The Morgan fingerprint density at radius 2 is 1.02 bits per heavy atom. The van der Waals surface area contributed by atoms with Gasteiger partial charge in [-0.15, -0.1) is 39.7 Å². The molecule has 0 radical (unpaired) electrons. The zero-order valence-corrected chi connectivity index (χ0v) is 30.7. The molecule has 0 fully saturated rings. The third-order valence-electron chi connectivity index (χ3n) is 6.93. The molecule has 40 heavy (non-hydrogen) atoms. The molecule has 5 aromatic rings. The van der Waals surface area contributed by atoms with E-state index in [1.54, 1.807) is 0 Å². The maximum atomic E-state index is 2.35. The van der Waals surface area contributed by atoms with Crippen LogP contribution in [0.4, 0.5) is 0 Å². The van der Waals surface area contributed by atoms with Crippen molar-refractivity contribution in [2.75, 3.05) is 0 Å². The summed E-state index contributed by atoms with van der Waals surface area (Å²) in [5.41, 5.74) is 6.30. The van der Waals surface area contributed by atoms with Gasteiger partial charge in [-0.05, 0) is 10.8 Å². The molecule has 0 heterocycles. The molecule has 0 unspecified atom stereocenters. The predicted octanol–water partition coefficient (Wildman–Crippen LogP) is 4.40. The average molecular weight is 738 g/mol. The second-order valence-corrected chi connectivity index (χ2v) is 14.3. The van der Waals surface area contributed by atoms with E-state index < -0.39 is 0 Å². The summed E-state index contributed by atoms with van der Waals surface area (Å²) in [7, 11) is 0. The van der Waals surface area contributed by atoms with Crippen LogP contribution in [0.15, 0.2) is 97.1 Å². The van der Waals surface area contributed by atoms with Crippen molar-refractivity contribution in [1.29, 1.82) is 0 Å². The summed E-state index contributed by atoms with van der Waals surface area (Å²) in [5.74, 6) is 0. The minimum absolute atomic E-state index is 0. The fourth-order valence-corrected chi connectivity index (χ4v) is 5.07. The van der Waals surface area contributed by atoms with E-state index in [1.165, 1.54) is 43.8 Å². The first-order valence-corrected chi connectivity index (χ1v) is 15.7. The van der Waals surface area contributed by atoms with Crippen LogP contribution < -0.4 is 24.8 Å². The summed E-state index contributed by atoms with van der Waals surface area (Å²) < 4.78 is 2.22. The number of hydrogen-bond donors (Lipinski definition) is 0. The van der Waals surface area contributed by atoms with Gasteiger partial charge < -0.3 is 24.8 Å². The monoisotopic (exact) mass is 738 g/mol. The van der Waals surface area contributed by atoms with Gasteiger partial charge in [-0.3, -0.25) is 0 Å². The first kappa shape index (κ1) is 36.2. The number of fused-ring (bicyclic) bond motifs is 3. The molecule has 0 aliphatic carbocycles. The second-order valence-electron chi connectivity index (χ2n) is 13.2. The van der Waals surface area contributed by atoms with E-state index >= 15 is 0 Å². The van der Waals surface area contributed by atoms with Gasteiger partial charge in [-0.1, -0.05) is 103 Å². The van der Waals surface area contributed by atoms with E-state index in [-0.39, 0.29) is 35.6 Å². The van der Waals surface area contributed by atoms with Crippen molar-refractivity contribution >= 4 is 25.3 Å². The Balaban J connectivity index is 0.000000350. The van der Waals surface area contributed by atoms with Crippen molar-refractivity contribution in [3.63, 3.8) is 0 Å². The van der Waals surface area contributed by atoms with E-state index in [0.29, 0.717) is 5.41 Å². The van der Waals surface area contributed by atoms with Crippen LogP contribution in [0.1, 0.15) is 84.6 Å². The van der Waals surface area contributed by atoms with Crippen molar-refractivity contribution in [3.8, 4) is 0 Å². The molecule has 0 spiro atoms. The van der Waals surface area contributed by atoms with Crippen LogP contribution in [0.5, 0.6) is 0 Å². The Morgan fingerprint density at radius 1 is 0.575 bits per heavy atom. The van der Waals surface area contributed by atoms with E-state index in [2.05, 4.69) is 157 Å². The summed E-state index contributed by atoms with van der Waals surface area (Å²) in [6, 6.07) is 35.1. The normalized spacial score (nSPS) is 11.4. The van der Waals surface area contributed by atoms with Crippen LogP contribution in [0, 0.1) is 0 Å². The van der Waals surface area contributed by atoms with Gasteiger partial charge in [0.2, 0.25) is 0 Å². The van der Waals surface area contributed by atoms with Gasteiger partial charge in [0.15, 0.2) is 0 Å². The molecular weight excluding hydrogens is 694 g/mol. The summed E-state index contributed by atoms with van der Waals surface area (Å²) in [4.78, 5) is 0. The molecule has 0 saturated carbocycles. The Bertz CT molecular complexity index is 1380. The zero-order valence-electron chi connectivity index (χ0n) is 25.6. The number of halogens is 2. The molecule has 0 nitrogen and oxygen atoms in total. The number of rotatable bonds is 1. The van der Waals surface area contributed by atoms with Crippen LogP contribution >= 0.6 is 0 Å². The molecule has 212 valence electrons. The van der Waals surface area contributed by atoms with Crippen LogP contribution in [0.2, 0.25) is 0 Å². The zero-order chi connectivity index (χ0) is 28.1. The van der Waals surface area contributed by atoms with Crippen LogP contribution in [0.25, 0.3) is 21.5 Å². The van der Waals surface area contributed by atoms with Gasteiger partial charge >= 0.3 is 63.5 Å². The molecule has 3 heteroatoms. The van der Waals surface area contributed by atoms with Gasteiger partial charge in [0, 0.05) is 0 Å². The van der Waals surface area contributed by atoms with E-state index in [9.17, 15) is 0 Å². The summed E-state index contributed by atoms with van der Waals surface area (Å²) >= 11 is 1.15. The second kappa shape index (κ2) is 14.9. The molecule has 5 aromatic carbocycles. The molecule has 0 saturated heterocycles. The van der Waals surface area contributed by atoms with E-state index in [1.807, 2.05) is 6.07 Å². The molecule has 0 N–H and O–H groups in total. The van der Waals surface area contributed by atoms with E-state index in [0.717, 1.165) is 23.9 Å². The Kier molecular flexibility index (Phi) is 13.5. The molecule has 0 amide bonds. The Morgan fingerprint density at radius 3 is 1.32 bits per heavy atom. The van der Waals surface area contributed by atoms with Crippen molar-refractivity contribution in [1.82, 2.24) is 0 Å². The van der Waals surface area contributed by atoms with Crippen LogP contribution in [0.3, 0.4) is 0 Å². The molecule has 0 aromatic heterocycles. The number of hydrogen-bond acceptors (Lipinski definition) is 0. The van der Waals surface area contributed by atoms with Crippen molar-refractivity contribution in [2.45, 2.75) is 78.6 Å². The van der Waals surface area contributed by atoms with Crippen LogP contribution in [-0.2, 0) is 40.1 Å². The van der Waals surface area contributed by atoms with Gasteiger partial charge in [0.25, 0.3) is 0 Å². The van der Waals surface area contributed by atoms with Crippen LogP contribution in [-0.4, -0.2) is 3.76 Å². The maximum absolute atomic E-state index is 2.35. The Hall–Kier alpha value is -1.80. The molecule has 0 aliphatic heterocycles. The fraction of sp³-hybridized carbons (Fsp3) is 0.324. The van der Waals surface area contributed by atoms with Crippen molar-refractivity contribution < 1.29 is 48.7 Å². The van der Waals surface area contributed by atoms with Gasteiger partial charge in [-0.2, -0.15) is 23.8 Å². The molecule has 0 atom stereocenters. The molecule has 0 bridgehead atoms. The average Bonchev–Trinajstić information content (AvgIpc) is 3.52. The van der Waals surface area contributed by atoms with Crippen molar-refractivity contribution in [2.24, 2.45) is 0 Å². The topological polar surface area (TPSA) is 0 Å². The Labute approximate surface area is 270 Å². The number of benzene rings is 3. The molecule has 0 aliphatic rings. The minimum atomic E-state index is 0. The third-order valence-corrected chi connectivity index (χ3v) is 8.13. The van der Waals surface area contributed by atoms with Gasteiger partial charge in [-0.25, -0.2) is 6.07 Å². The first-order valence-electron chi connectivity index (χ1n) is 13.6.